The molecule has 0 radical (unpaired) electrons. The first-order valence-electron chi connectivity index (χ1n) is 6.72. The highest BCUT2D eigenvalue weighted by Crippen LogP contribution is 2.46. The molecule has 3 nitrogen and oxygen atoms in total. The molecule has 5 atom stereocenters. The zero-order valence-electron chi connectivity index (χ0n) is 10.3. The monoisotopic (exact) mass is 274 g/mol. The highest BCUT2D eigenvalue weighted by atomic mass is 35.5. The number of amides is 1. The molecule has 0 unspecified atom stereocenters. The lowest BCUT2D eigenvalue weighted by Crippen LogP contribution is -2.57. The van der Waals surface area contributed by atoms with E-state index in [0.29, 0.717) is 16.9 Å². The van der Waals surface area contributed by atoms with E-state index in [2.05, 4.69) is 22.8 Å². The highest BCUT2D eigenvalue weighted by molar-refractivity contribution is 6.30. The molecule has 2 N–H and O–H groups in total. The molecule has 2 bridgehead atoms. The molecule has 4 rings (SSSR count). The third kappa shape index (κ3) is 1.72. The lowest BCUT2D eigenvalue weighted by atomic mass is 9.85. The Bertz CT molecular complexity index is 554. The van der Waals surface area contributed by atoms with E-state index in [4.69, 9.17) is 11.6 Å². The van der Waals surface area contributed by atoms with Gasteiger partial charge in [-0.2, -0.15) is 0 Å². The number of fused-ring (bicyclic) bond motifs is 5. The summed E-state index contributed by atoms with van der Waals surface area (Å²) >= 11 is 5.90. The number of rotatable bonds is 1. The Hall–Kier alpha value is -1.32. The van der Waals surface area contributed by atoms with E-state index in [9.17, 15) is 4.79 Å². The van der Waals surface area contributed by atoms with Crippen molar-refractivity contribution in [3.63, 3.8) is 0 Å². The predicted molar refractivity (Wildman–Crippen MR) is 73.5 cm³/mol. The Kier molecular flexibility index (Phi) is 2.47. The molecule has 1 saturated carbocycles. The number of benzene rings is 1. The molecule has 1 aromatic rings. The fourth-order valence-electron chi connectivity index (χ4n) is 3.71. The second-order valence-corrected chi connectivity index (χ2v) is 6.10. The number of carbonyl (C=O) groups is 1. The molecule has 2 fully saturated rings. The van der Waals surface area contributed by atoms with Gasteiger partial charge in [0.2, 0.25) is 5.91 Å². The van der Waals surface area contributed by atoms with Crippen LogP contribution in [0.15, 0.2) is 36.4 Å². The minimum atomic E-state index is -0.0984. The number of carbonyl (C=O) groups excluding carboxylic acids is 1. The molecule has 1 heterocycles. The largest absolute Gasteiger partial charge is 0.336 e. The van der Waals surface area contributed by atoms with Gasteiger partial charge in [-0.25, -0.2) is 0 Å². The molecule has 3 aliphatic rings. The van der Waals surface area contributed by atoms with Crippen molar-refractivity contribution in [3.8, 4) is 0 Å². The highest BCUT2D eigenvalue weighted by Gasteiger charge is 2.51. The van der Waals surface area contributed by atoms with Crippen LogP contribution in [-0.2, 0) is 4.79 Å². The second-order valence-electron chi connectivity index (χ2n) is 5.66. The van der Waals surface area contributed by atoms with E-state index >= 15 is 0 Å². The van der Waals surface area contributed by atoms with Crippen molar-refractivity contribution in [1.82, 2.24) is 10.6 Å². The van der Waals surface area contributed by atoms with Crippen LogP contribution < -0.4 is 10.6 Å². The van der Waals surface area contributed by atoms with Crippen molar-refractivity contribution in [1.29, 1.82) is 0 Å². The third-order valence-electron chi connectivity index (χ3n) is 4.61. The lowest BCUT2D eigenvalue weighted by Gasteiger charge is -2.38. The average Bonchev–Trinajstić information content (AvgIpc) is 3.00. The first-order chi connectivity index (χ1) is 9.22. The van der Waals surface area contributed by atoms with Crippen molar-refractivity contribution in [2.75, 3.05) is 0 Å². The van der Waals surface area contributed by atoms with Crippen LogP contribution in [0, 0.1) is 17.8 Å². The fraction of sp³-hybridized carbons (Fsp3) is 0.400. The van der Waals surface area contributed by atoms with Gasteiger partial charge in [0.1, 0.15) is 6.17 Å². The number of hydrogen-bond acceptors (Lipinski definition) is 2. The van der Waals surface area contributed by atoms with Crippen LogP contribution in [0.4, 0.5) is 0 Å². The van der Waals surface area contributed by atoms with Gasteiger partial charge in [0.05, 0.1) is 5.92 Å². The van der Waals surface area contributed by atoms with Gasteiger partial charge in [0, 0.05) is 11.1 Å². The smallest absolute Gasteiger partial charge is 0.226 e. The quantitative estimate of drug-likeness (QED) is 0.771. The van der Waals surface area contributed by atoms with Gasteiger partial charge in [-0.3, -0.25) is 10.1 Å². The normalized spacial score (nSPS) is 39.2. The van der Waals surface area contributed by atoms with Crippen LogP contribution in [-0.4, -0.2) is 11.9 Å². The lowest BCUT2D eigenvalue weighted by molar-refractivity contribution is -0.130. The first kappa shape index (κ1) is 11.5. The minimum Gasteiger partial charge on any atom is -0.336 e. The van der Waals surface area contributed by atoms with Crippen LogP contribution in [0.5, 0.6) is 0 Å². The minimum absolute atomic E-state index is 0.0984. The topological polar surface area (TPSA) is 41.1 Å². The van der Waals surface area contributed by atoms with Crippen LogP contribution in [0.25, 0.3) is 0 Å². The molecule has 1 saturated heterocycles. The van der Waals surface area contributed by atoms with Crippen LogP contribution in [0.3, 0.4) is 0 Å². The van der Waals surface area contributed by atoms with E-state index in [1.807, 2.05) is 24.3 Å². The molecule has 98 valence electrons. The summed E-state index contributed by atoms with van der Waals surface area (Å²) in [6.07, 6.45) is 5.48. The molecular weight excluding hydrogens is 260 g/mol. The third-order valence-corrected chi connectivity index (χ3v) is 4.86. The average molecular weight is 275 g/mol. The SMILES string of the molecule is O=C1N[C@@H](c2ccc(Cl)cc2)N[C@@H]2[C@H]1[C@@H]1C=C[C@H]2C1. The van der Waals surface area contributed by atoms with Gasteiger partial charge in [-0.05, 0) is 36.0 Å². The Labute approximate surface area is 117 Å². The number of allylic oxidation sites excluding steroid dienone is 1. The Balaban J connectivity index is 1.62. The van der Waals surface area contributed by atoms with Gasteiger partial charge in [-0.15, -0.1) is 0 Å². The van der Waals surface area contributed by atoms with Gasteiger partial charge < -0.3 is 5.32 Å². The summed E-state index contributed by atoms with van der Waals surface area (Å²) in [4.78, 5) is 12.3. The summed E-state index contributed by atoms with van der Waals surface area (Å²) in [5, 5.41) is 7.38. The number of nitrogens with one attached hydrogen (secondary N) is 2. The second kappa shape index (κ2) is 4.09. The molecule has 0 aromatic heterocycles. The molecular formula is C15H15ClN2O. The fourth-order valence-corrected chi connectivity index (χ4v) is 3.84. The zero-order valence-corrected chi connectivity index (χ0v) is 11.1. The van der Waals surface area contributed by atoms with Gasteiger partial charge in [0.25, 0.3) is 0 Å². The van der Waals surface area contributed by atoms with Crippen molar-refractivity contribution < 1.29 is 4.79 Å². The summed E-state index contributed by atoms with van der Waals surface area (Å²) in [7, 11) is 0. The van der Waals surface area contributed by atoms with E-state index < -0.39 is 0 Å². The van der Waals surface area contributed by atoms with E-state index in [0.717, 1.165) is 12.0 Å². The molecule has 4 heteroatoms. The van der Waals surface area contributed by atoms with E-state index in [-0.39, 0.29) is 24.0 Å². The zero-order chi connectivity index (χ0) is 13.0. The number of hydrogen-bond donors (Lipinski definition) is 2. The van der Waals surface area contributed by atoms with Gasteiger partial charge >= 0.3 is 0 Å². The van der Waals surface area contributed by atoms with Crippen LogP contribution >= 0.6 is 11.6 Å². The maximum Gasteiger partial charge on any atom is 0.226 e. The van der Waals surface area contributed by atoms with Crippen molar-refractivity contribution >= 4 is 17.5 Å². The first-order valence-corrected chi connectivity index (χ1v) is 7.10. The Morgan fingerprint density at radius 1 is 1.11 bits per heavy atom. The summed E-state index contributed by atoms with van der Waals surface area (Å²) in [6.45, 7) is 0. The maximum atomic E-state index is 12.3. The van der Waals surface area contributed by atoms with E-state index in [1.54, 1.807) is 0 Å². The summed E-state index contributed by atoms with van der Waals surface area (Å²) < 4.78 is 0. The van der Waals surface area contributed by atoms with Gasteiger partial charge in [-0.1, -0.05) is 35.9 Å². The van der Waals surface area contributed by atoms with Crippen molar-refractivity contribution in [2.45, 2.75) is 18.6 Å². The molecule has 0 spiro atoms. The summed E-state index contributed by atoms with van der Waals surface area (Å²) in [6, 6.07) is 7.92. The molecule has 1 amide bonds. The summed E-state index contributed by atoms with van der Waals surface area (Å²) in [5.41, 5.74) is 1.06. The maximum absolute atomic E-state index is 12.3. The molecule has 19 heavy (non-hydrogen) atoms. The Morgan fingerprint density at radius 2 is 1.84 bits per heavy atom. The van der Waals surface area contributed by atoms with E-state index in [1.165, 1.54) is 0 Å². The van der Waals surface area contributed by atoms with Crippen LogP contribution in [0.2, 0.25) is 5.02 Å². The standard InChI is InChI=1S/C15H15ClN2O/c16-11-5-3-8(4-6-11)14-17-13-10-2-1-9(7-10)12(13)15(19)18-14/h1-6,9-10,12-14,17H,7H2,(H,18,19)/t9-,10+,12-,13+,14+/m1/s1. The number of halogens is 1. The Morgan fingerprint density at radius 3 is 2.63 bits per heavy atom. The molecule has 2 aliphatic carbocycles. The summed E-state index contributed by atoms with van der Waals surface area (Å²) in [5.74, 6) is 1.23. The van der Waals surface area contributed by atoms with Crippen molar-refractivity contribution in [3.05, 3.63) is 47.0 Å². The predicted octanol–water partition coefficient (Wildman–Crippen LogP) is 2.25. The van der Waals surface area contributed by atoms with Crippen LogP contribution in [0.1, 0.15) is 18.2 Å². The van der Waals surface area contributed by atoms with Crippen molar-refractivity contribution in [2.24, 2.45) is 17.8 Å². The van der Waals surface area contributed by atoms with Gasteiger partial charge in [0.15, 0.2) is 0 Å². The molecule has 1 aliphatic heterocycles. The molecule has 1 aromatic carbocycles.